The van der Waals surface area contributed by atoms with Crippen molar-refractivity contribution in [3.8, 4) is 0 Å². The third-order valence-electron chi connectivity index (χ3n) is 2.53. The third kappa shape index (κ3) is 4.07. The van der Waals surface area contributed by atoms with Gasteiger partial charge >= 0.3 is 5.97 Å². The SMILES string of the molecule is CCOC(=O)CN(CC)Cc1cccc(F)c1F. The average Bonchev–Trinajstić information content (AvgIpc) is 2.34. The molecule has 0 amide bonds. The van der Waals surface area contributed by atoms with Crippen LogP contribution in [0.1, 0.15) is 19.4 Å². The number of nitrogens with zero attached hydrogens (tertiary/aromatic N) is 1. The highest BCUT2D eigenvalue weighted by molar-refractivity contribution is 5.71. The molecule has 1 aromatic carbocycles. The van der Waals surface area contributed by atoms with Crippen molar-refractivity contribution in [2.45, 2.75) is 20.4 Å². The minimum atomic E-state index is -0.875. The maximum atomic E-state index is 13.5. The molecule has 0 spiro atoms. The zero-order valence-electron chi connectivity index (χ0n) is 10.6. The number of ether oxygens (including phenoxy) is 1. The Morgan fingerprint density at radius 2 is 2.06 bits per heavy atom. The molecule has 0 heterocycles. The third-order valence-corrected chi connectivity index (χ3v) is 2.53. The van der Waals surface area contributed by atoms with Gasteiger partial charge in [-0.05, 0) is 19.5 Å². The Kier molecular flexibility index (Phi) is 5.71. The summed E-state index contributed by atoms with van der Waals surface area (Å²) in [6, 6.07) is 4.03. The van der Waals surface area contributed by atoms with E-state index in [9.17, 15) is 13.6 Å². The van der Waals surface area contributed by atoms with Crippen molar-refractivity contribution in [3.05, 3.63) is 35.4 Å². The van der Waals surface area contributed by atoms with Crippen molar-refractivity contribution in [2.24, 2.45) is 0 Å². The molecule has 1 rings (SSSR count). The molecule has 0 saturated heterocycles. The van der Waals surface area contributed by atoms with Gasteiger partial charge in [-0.1, -0.05) is 19.1 Å². The van der Waals surface area contributed by atoms with Crippen LogP contribution < -0.4 is 0 Å². The highest BCUT2D eigenvalue weighted by atomic mass is 19.2. The van der Waals surface area contributed by atoms with E-state index in [1.807, 2.05) is 6.92 Å². The quantitative estimate of drug-likeness (QED) is 0.733. The molecule has 3 nitrogen and oxygen atoms in total. The summed E-state index contributed by atoms with van der Waals surface area (Å²) in [5.74, 6) is -2.10. The Labute approximate surface area is 105 Å². The topological polar surface area (TPSA) is 29.5 Å². The molecule has 100 valence electrons. The molecule has 0 unspecified atom stereocenters. The van der Waals surface area contributed by atoms with Gasteiger partial charge in [0, 0.05) is 12.1 Å². The molecule has 0 atom stereocenters. The van der Waals surface area contributed by atoms with E-state index in [-0.39, 0.29) is 24.6 Å². The number of carbonyl (C=O) groups excluding carboxylic acids is 1. The van der Waals surface area contributed by atoms with Crippen LogP contribution in [0.15, 0.2) is 18.2 Å². The second-order valence-electron chi connectivity index (χ2n) is 3.82. The van der Waals surface area contributed by atoms with E-state index in [1.54, 1.807) is 11.8 Å². The van der Waals surface area contributed by atoms with Gasteiger partial charge < -0.3 is 4.74 Å². The van der Waals surface area contributed by atoms with Crippen molar-refractivity contribution >= 4 is 5.97 Å². The Morgan fingerprint density at radius 3 is 2.67 bits per heavy atom. The highest BCUT2D eigenvalue weighted by Crippen LogP contribution is 2.13. The summed E-state index contributed by atoms with van der Waals surface area (Å²) < 4.78 is 31.3. The van der Waals surface area contributed by atoms with Gasteiger partial charge in [-0.15, -0.1) is 0 Å². The molecule has 0 N–H and O–H groups in total. The minimum absolute atomic E-state index is 0.0697. The fraction of sp³-hybridized carbons (Fsp3) is 0.462. The predicted molar refractivity (Wildman–Crippen MR) is 63.9 cm³/mol. The van der Waals surface area contributed by atoms with Crippen LogP contribution in [0.4, 0.5) is 8.78 Å². The summed E-state index contributed by atoms with van der Waals surface area (Å²) in [6.07, 6.45) is 0. The Bertz CT molecular complexity index is 410. The lowest BCUT2D eigenvalue weighted by molar-refractivity contribution is -0.144. The summed E-state index contributed by atoms with van der Waals surface area (Å²) >= 11 is 0. The Morgan fingerprint density at radius 1 is 1.33 bits per heavy atom. The van der Waals surface area contributed by atoms with Crippen LogP contribution in [-0.4, -0.2) is 30.6 Å². The van der Waals surface area contributed by atoms with Crippen LogP contribution >= 0.6 is 0 Å². The summed E-state index contributed by atoms with van der Waals surface area (Å²) in [7, 11) is 0. The summed E-state index contributed by atoms with van der Waals surface area (Å²) in [6.45, 7) is 4.68. The van der Waals surface area contributed by atoms with Crippen LogP contribution in [0.3, 0.4) is 0 Å². The molecule has 0 saturated carbocycles. The van der Waals surface area contributed by atoms with Crippen molar-refractivity contribution in [2.75, 3.05) is 19.7 Å². The molecule has 18 heavy (non-hydrogen) atoms. The predicted octanol–water partition coefficient (Wildman–Crippen LogP) is 2.35. The lowest BCUT2D eigenvalue weighted by Gasteiger charge is -2.19. The smallest absolute Gasteiger partial charge is 0.320 e. The molecule has 0 aliphatic carbocycles. The number of rotatable bonds is 6. The molecular formula is C13H17F2NO2. The highest BCUT2D eigenvalue weighted by Gasteiger charge is 2.14. The number of halogens is 2. The van der Waals surface area contributed by atoms with Crippen LogP contribution in [0.25, 0.3) is 0 Å². The zero-order chi connectivity index (χ0) is 13.5. The molecule has 0 bridgehead atoms. The molecule has 0 aliphatic heterocycles. The van der Waals surface area contributed by atoms with E-state index < -0.39 is 11.6 Å². The van der Waals surface area contributed by atoms with Crippen molar-refractivity contribution in [1.29, 1.82) is 0 Å². The largest absolute Gasteiger partial charge is 0.465 e. The summed E-state index contributed by atoms with van der Waals surface area (Å²) in [5.41, 5.74) is 0.237. The first kappa shape index (κ1) is 14.6. The standard InChI is InChI=1S/C13H17F2NO2/c1-3-16(9-12(17)18-4-2)8-10-6-5-7-11(14)13(10)15/h5-7H,3-4,8-9H2,1-2H3. The molecular weight excluding hydrogens is 240 g/mol. The van der Waals surface area contributed by atoms with Crippen LogP contribution in [0.2, 0.25) is 0 Å². The van der Waals surface area contributed by atoms with E-state index in [2.05, 4.69) is 0 Å². The van der Waals surface area contributed by atoms with Crippen LogP contribution in [0, 0.1) is 11.6 Å². The second-order valence-corrected chi connectivity index (χ2v) is 3.82. The number of likely N-dealkylation sites (N-methyl/N-ethyl adjacent to an activating group) is 1. The monoisotopic (exact) mass is 257 g/mol. The lowest BCUT2D eigenvalue weighted by Crippen LogP contribution is -2.30. The molecule has 0 fully saturated rings. The first-order valence-electron chi connectivity index (χ1n) is 5.89. The number of hydrogen-bond donors (Lipinski definition) is 0. The number of carbonyl (C=O) groups is 1. The molecule has 5 heteroatoms. The normalized spacial score (nSPS) is 10.7. The zero-order valence-corrected chi connectivity index (χ0v) is 10.6. The van der Waals surface area contributed by atoms with E-state index in [0.717, 1.165) is 6.07 Å². The maximum absolute atomic E-state index is 13.5. The molecule has 0 aliphatic rings. The van der Waals surface area contributed by atoms with Gasteiger partial charge in [0.05, 0.1) is 13.2 Å². The van der Waals surface area contributed by atoms with Gasteiger partial charge in [0.25, 0.3) is 0 Å². The van der Waals surface area contributed by atoms with Gasteiger partial charge in [-0.2, -0.15) is 0 Å². The fourth-order valence-electron chi connectivity index (χ4n) is 1.58. The van der Waals surface area contributed by atoms with Crippen molar-refractivity contribution in [3.63, 3.8) is 0 Å². The van der Waals surface area contributed by atoms with Crippen molar-refractivity contribution in [1.82, 2.24) is 4.90 Å². The first-order valence-corrected chi connectivity index (χ1v) is 5.89. The van der Waals surface area contributed by atoms with Crippen LogP contribution in [-0.2, 0) is 16.1 Å². The summed E-state index contributed by atoms with van der Waals surface area (Å²) in [4.78, 5) is 13.0. The number of hydrogen-bond acceptors (Lipinski definition) is 3. The molecule has 0 aromatic heterocycles. The molecule has 1 aromatic rings. The van der Waals surface area contributed by atoms with E-state index in [4.69, 9.17) is 4.74 Å². The Hall–Kier alpha value is -1.49. The second kappa shape index (κ2) is 7.06. The summed E-state index contributed by atoms with van der Waals surface area (Å²) in [5, 5.41) is 0. The van der Waals surface area contributed by atoms with E-state index in [1.165, 1.54) is 12.1 Å². The van der Waals surface area contributed by atoms with Gasteiger partial charge in [-0.3, -0.25) is 9.69 Å². The fourth-order valence-corrected chi connectivity index (χ4v) is 1.58. The average molecular weight is 257 g/mol. The van der Waals surface area contributed by atoms with E-state index >= 15 is 0 Å². The number of benzene rings is 1. The van der Waals surface area contributed by atoms with Gasteiger partial charge in [0.15, 0.2) is 11.6 Å². The van der Waals surface area contributed by atoms with Gasteiger partial charge in [0.1, 0.15) is 0 Å². The molecule has 0 radical (unpaired) electrons. The Balaban J connectivity index is 2.68. The maximum Gasteiger partial charge on any atom is 0.320 e. The van der Waals surface area contributed by atoms with E-state index in [0.29, 0.717) is 13.2 Å². The van der Waals surface area contributed by atoms with Gasteiger partial charge in [0.2, 0.25) is 0 Å². The lowest BCUT2D eigenvalue weighted by atomic mass is 10.2. The number of esters is 1. The van der Waals surface area contributed by atoms with Crippen molar-refractivity contribution < 1.29 is 18.3 Å². The first-order chi connectivity index (χ1) is 8.58. The minimum Gasteiger partial charge on any atom is -0.465 e. The van der Waals surface area contributed by atoms with Gasteiger partial charge in [-0.25, -0.2) is 8.78 Å². The van der Waals surface area contributed by atoms with Crippen LogP contribution in [0.5, 0.6) is 0 Å².